The number of nitro benzene ring substituents is 1. The lowest BCUT2D eigenvalue weighted by Gasteiger charge is -2.09. The summed E-state index contributed by atoms with van der Waals surface area (Å²) in [6.07, 6.45) is 0.0262. The molecular weight excluding hydrogens is 280 g/mol. The molecule has 1 aromatic carbocycles. The third-order valence-corrected chi connectivity index (χ3v) is 2.48. The first-order chi connectivity index (χ1) is 9.81. The van der Waals surface area contributed by atoms with Gasteiger partial charge in [-0.3, -0.25) is 14.9 Å². The topological polar surface area (TPSA) is 119 Å². The Morgan fingerprint density at radius 1 is 1.33 bits per heavy atom. The zero-order chi connectivity index (χ0) is 16.0. The van der Waals surface area contributed by atoms with Crippen molar-refractivity contribution in [1.82, 2.24) is 5.32 Å². The number of rotatable bonds is 7. The molecule has 21 heavy (non-hydrogen) atoms. The SMILES string of the molecule is CC(C)OCCNC(=O)c1cc(C(=O)O)cc([N+](=O)[O-])c1. The van der Waals surface area contributed by atoms with Crippen molar-refractivity contribution >= 4 is 17.6 Å². The van der Waals surface area contributed by atoms with E-state index in [2.05, 4.69) is 5.32 Å². The summed E-state index contributed by atoms with van der Waals surface area (Å²) in [5.74, 6) is -1.93. The van der Waals surface area contributed by atoms with Gasteiger partial charge in [0.25, 0.3) is 11.6 Å². The molecule has 114 valence electrons. The Morgan fingerprint density at radius 3 is 2.48 bits per heavy atom. The van der Waals surface area contributed by atoms with E-state index in [0.29, 0.717) is 6.61 Å². The fraction of sp³-hybridized carbons (Fsp3) is 0.385. The highest BCUT2D eigenvalue weighted by atomic mass is 16.6. The van der Waals surface area contributed by atoms with Crippen molar-refractivity contribution in [3.63, 3.8) is 0 Å². The molecule has 0 atom stereocenters. The fourth-order valence-corrected chi connectivity index (χ4v) is 1.53. The second-order valence-corrected chi connectivity index (χ2v) is 4.51. The minimum Gasteiger partial charge on any atom is -0.478 e. The summed E-state index contributed by atoms with van der Waals surface area (Å²) in [4.78, 5) is 32.8. The zero-order valence-corrected chi connectivity index (χ0v) is 11.7. The molecule has 1 aromatic rings. The van der Waals surface area contributed by atoms with Crippen LogP contribution in [0.5, 0.6) is 0 Å². The molecule has 0 aliphatic heterocycles. The number of ether oxygens (including phenoxy) is 1. The highest BCUT2D eigenvalue weighted by molar-refractivity contribution is 5.98. The highest BCUT2D eigenvalue weighted by Gasteiger charge is 2.17. The first kappa shape index (κ1) is 16.6. The van der Waals surface area contributed by atoms with Crippen LogP contribution in [-0.4, -0.2) is 41.2 Å². The average Bonchev–Trinajstić information content (AvgIpc) is 2.42. The normalized spacial score (nSPS) is 10.4. The molecule has 8 heteroatoms. The molecule has 2 N–H and O–H groups in total. The van der Waals surface area contributed by atoms with Gasteiger partial charge in [0.15, 0.2) is 0 Å². The number of carbonyl (C=O) groups excluding carboxylic acids is 1. The largest absolute Gasteiger partial charge is 0.478 e. The van der Waals surface area contributed by atoms with Gasteiger partial charge in [-0.2, -0.15) is 0 Å². The molecule has 0 aromatic heterocycles. The third-order valence-electron chi connectivity index (χ3n) is 2.48. The van der Waals surface area contributed by atoms with Crippen molar-refractivity contribution < 1.29 is 24.4 Å². The predicted molar refractivity (Wildman–Crippen MR) is 73.5 cm³/mol. The van der Waals surface area contributed by atoms with Gasteiger partial charge in [-0.1, -0.05) is 0 Å². The second-order valence-electron chi connectivity index (χ2n) is 4.51. The quantitative estimate of drug-likeness (QED) is 0.446. The lowest BCUT2D eigenvalue weighted by Crippen LogP contribution is -2.28. The lowest BCUT2D eigenvalue weighted by molar-refractivity contribution is -0.384. The summed E-state index contributed by atoms with van der Waals surface area (Å²) >= 11 is 0. The standard InChI is InChI=1S/C13H16N2O6/c1-8(2)21-4-3-14-12(16)9-5-10(13(17)18)7-11(6-9)15(19)20/h5-8H,3-4H2,1-2H3,(H,14,16)(H,17,18). The van der Waals surface area contributed by atoms with E-state index in [4.69, 9.17) is 9.84 Å². The average molecular weight is 296 g/mol. The smallest absolute Gasteiger partial charge is 0.335 e. The number of aromatic carboxylic acids is 1. The number of carboxylic acids is 1. The van der Waals surface area contributed by atoms with Gasteiger partial charge in [-0.25, -0.2) is 4.79 Å². The Kier molecular flexibility index (Phi) is 5.79. The van der Waals surface area contributed by atoms with Crippen molar-refractivity contribution in [1.29, 1.82) is 0 Å². The van der Waals surface area contributed by atoms with E-state index >= 15 is 0 Å². The first-order valence-corrected chi connectivity index (χ1v) is 6.24. The maximum atomic E-state index is 11.9. The monoisotopic (exact) mass is 296 g/mol. The van der Waals surface area contributed by atoms with Gasteiger partial charge < -0.3 is 15.2 Å². The van der Waals surface area contributed by atoms with E-state index in [1.807, 2.05) is 13.8 Å². The van der Waals surface area contributed by atoms with Crippen LogP contribution in [0.15, 0.2) is 18.2 Å². The molecular formula is C13H16N2O6. The fourth-order valence-electron chi connectivity index (χ4n) is 1.53. The van der Waals surface area contributed by atoms with Gasteiger partial charge in [0.1, 0.15) is 0 Å². The van der Waals surface area contributed by atoms with Crippen molar-refractivity contribution in [2.24, 2.45) is 0 Å². The molecule has 0 bridgehead atoms. The number of benzene rings is 1. The van der Waals surface area contributed by atoms with E-state index in [9.17, 15) is 19.7 Å². The Hall–Kier alpha value is -2.48. The molecule has 0 spiro atoms. The van der Waals surface area contributed by atoms with Crippen LogP contribution < -0.4 is 5.32 Å². The van der Waals surface area contributed by atoms with E-state index < -0.39 is 22.5 Å². The van der Waals surface area contributed by atoms with Crippen molar-refractivity contribution in [3.05, 3.63) is 39.4 Å². The Morgan fingerprint density at radius 2 is 1.95 bits per heavy atom. The molecule has 0 heterocycles. The summed E-state index contributed by atoms with van der Waals surface area (Å²) in [5, 5.41) is 22.2. The van der Waals surface area contributed by atoms with E-state index in [0.717, 1.165) is 18.2 Å². The molecule has 8 nitrogen and oxygen atoms in total. The van der Waals surface area contributed by atoms with Crippen LogP contribution in [0.4, 0.5) is 5.69 Å². The van der Waals surface area contributed by atoms with Crippen LogP contribution in [0.1, 0.15) is 34.6 Å². The van der Waals surface area contributed by atoms with Crippen LogP contribution in [0.2, 0.25) is 0 Å². The number of nitrogens with zero attached hydrogens (tertiary/aromatic N) is 1. The maximum Gasteiger partial charge on any atom is 0.335 e. The molecule has 0 saturated carbocycles. The Bertz CT molecular complexity index is 523. The van der Waals surface area contributed by atoms with E-state index in [-0.39, 0.29) is 23.8 Å². The molecule has 1 rings (SSSR count). The van der Waals surface area contributed by atoms with Crippen molar-refractivity contribution in [2.75, 3.05) is 13.2 Å². The van der Waals surface area contributed by atoms with Gasteiger partial charge >= 0.3 is 5.97 Å². The molecule has 0 saturated heterocycles. The van der Waals surface area contributed by atoms with Gasteiger partial charge in [0, 0.05) is 24.2 Å². The molecule has 0 aliphatic carbocycles. The van der Waals surface area contributed by atoms with Crippen LogP contribution in [0, 0.1) is 10.1 Å². The Balaban J connectivity index is 2.83. The number of non-ortho nitro benzene ring substituents is 1. The van der Waals surface area contributed by atoms with E-state index in [1.165, 1.54) is 0 Å². The van der Waals surface area contributed by atoms with Crippen LogP contribution >= 0.6 is 0 Å². The number of hydrogen-bond acceptors (Lipinski definition) is 5. The summed E-state index contributed by atoms with van der Waals surface area (Å²) in [6, 6.07) is 3.03. The molecule has 0 unspecified atom stereocenters. The summed E-state index contributed by atoms with van der Waals surface area (Å²) in [7, 11) is 0. The van der Waals surface area contributed by atoms with Gasteiger partial charge in [0.2, 0.25) is 0 Å². The molecule has 0 aliphatic rings. The highest BCUT2D eigenvalue weighted by Crippen LogP contribution is 2.17. The molecule has 0 radical (unpaired) electrons. The minimum absolute atomic E-state index is 0.0262. The van der Waals surface area contributed by atoms with Crippen LogP contribution in [-0.2, 0) is 4.74 Å². The lowest BCUT2D eigenvalue weighted by atomic mass is 10.1. The van der Waals surface area contributed by atoms with Gasteiger partial charge in [-0.15, -0.1) is 0 Å². The molecule has 0 fully saturated rings. The predicted octanol–water partition coefficient (Wildman–Crippen LogP) is 1.45. The minimum atomic E-state index is -1.34. The number of amides is 1. The van der Waals surface area contributed by atoms with Crippen molar-refractivity contribution in [3.8, 4) is 0 Å². The number of hydrogen-bond donors (Lipinski definition) is 2. The number of carbonyl (C=O) groups is 2. The summed E-state index contributed by atoms with van der Waals surface area (Å²) in [6.45, 7) is 4.22. The number of carboxylic acid groups (broad SMARTS) is 1. The number of nitrogens with one attached hydrogen (secondary N) is 1. The number of nitro groups is 1. The van der Waals surface area contributed by atoms with Crippen LogP contribution in [0.25, 0.3) is 0 Å². The van der Waals surface area contributed by atoms with Crippen molar-refractivity contribution in [2.45, 2.75) is 20.0 Å². The second kappa shape index (κ2) is 7.34. The third kappa shape index (κ3) is 5.19. The summed E-state index contributed by atoms with van der Waals surface area (Å²) in [5.41, 5.74) is -0.836. The van der Waals surface area contributed by atoms with E-state index in [1.54, 1.807) is 0 Å². The molecule has 1 amide bonds. The van der Waals surface area contributed by atoms with Gasteiger partial charge in [-0.05, 0) is 19.9 Å². The Labute approximate surface area is 120 Å². The first-order valence-electron chi connectivity index (χ1n) is 6.24. The zero-order valence-electron chi connectivity index (χ0n) is 11.7. The van der Waals surface area contributed by atoms with Gasteiger partial charge in [0.05, 0.1) is 23.2 Å². The van der Waals surface area contributed by atoms with Crippen LogP contribution in [0.3, 0.4) is 0 Å². The maximum absolute atomic E-state index is 11.9. The summed E-state index contributed by atoms with van der Waals surface area (Å²) < 4.78 is 5.23.